The van der Waals surface area contributed by atoms with Gasteiger partial charge in [-0.2, -0.15) is 0 Å². The molecule has 10 heteroatoms. The number of nitrogens with zero attached hydrogens (tertiary/aromatic N) is 1. The van der Waals surface area contributed by atoms with Crippen LogP contribution in [0.5, 0.6) is 5.75 Å². The third-order valence-electron chi connectivity index (χ3n) is 3.34. The minimum Gasteiger partial charge on any atom is -0.497 e. The van der Waals surface area contributed by atoms with Gasteiger partial charge in [0.15, 0.2) is 5.13 Å². The van der Waals surface area contributed by atoms with E-state index in [4.69, 9.17) is 39.5 Å². The zero-order valence-electron chi connectivity index (χ0n) is 13.2. The van der Waals surface area contributed by atoms with Crippen molar-refractivity contribution in [3.05, 3.63) is 56.8 Å². The number of halogens is 3. The minimum atomic E-state index is -4.02. The van der Waals surface area contributed by atoms with E-state index in [1.165, 1.54) is 12.1 Å². The van der Waals surface area contributed by atoms with E-state index >= 15 is 0 Å². The highest BCUT2D eigenvalue weighted by molar-refractivity contribution is 7.93. The first-order valence-electron chi connectivity index (χ1n) is 7.07. The first-order chi connectivity index (χ1) is 12.3. The number of methoxy groups -OCH3 is 1. The summed E-state index contributed by atoms with van der Waals surface area (Å²) in [5.74, 6) is 0.719. The molecule has 0 radical (unpaired) electrons. The van der Waals surface area contributed by atoms with E-state index in [0.29, 0.717) is 5.69 Å². The van der Waals surface area contributed by atoms with Crippen LogP contribution in [0.15, 0.2) is 46.7 Å². The normalized spacial score (nSPS) is 11.4. The lowest BCUT2D eigenvalue weighted by Crippen LogP contribution is -2.14. The Morgan fingerprint density at radius 2 is 1.69 bits per heavy atom. The largest absolute Gasteiger partial charge is 0.497 e. The van der Waals surface area contributed by atoms with Crippen LogP contribution in [-0.4, -0.2) is 20.5 Å². The third-order valence-corrected chi connectivity index (χ3v) is 6.71. The average molecular weight is 450 g/mol. The van der Waals surface area contributed by atoms with Crippen molar-refractivity contribution < 1.29 is 13.2 Å². The molecule has 0 aliphatic carbocycles. The molecule has 0 unspecified atom stereocenters. The summed E-state index contributed by atoms with van der Waals surface area (Å²) in [5, 5.41) is 2.04. The molecule has 0 bridgehead atoms. The summed E-state index contributed by atoms with van der Waals surface area (Å²) in [7, 11) is -2.43. The summed E-state index contributed by atoms with van der Waals surface area (Å²) >= 11 is 19.0. The molecule has 0 atom stereocenters. The van der Waals surface area contributed by atoms with Crippen LogP contribution in [-0.2, 0) is 10.0 Å². The molecule has 0 saturated carbocycles. The molecule has 0 amide bonds. The molecule has 1 N–H and O–H groups in total. The predicted octanol–water partition coefficient (Wildman–Crippen LogP) is 5.58. The monoisotopic (exact) mass is 448 g/mol. The second kappa shape index (κ2) is 7.62. The van der Waals surface area contributed by atoms with Gasteiger partial charge in [-0.3, -0.25) is 4.72 Å². The van der Waals surface area contributed by atoms with Gasteiger partial charge >= 0.3 is 0 Å². The summed E-state index contributed by atoms with van der Waals surface area (Å²) in [6.07, 6.45) is 0. The lowest BCUT2D eigenvalue weighted by molar-refractivity contribution is 0.415. The Kier molecular flexibility index (Phi) is 5.64. The topological polar surface area (TPSA) is 68.3 Å². The van der Waals surface area contributed by atoms with Gasteiger partial charge in [-0.25, -0.2) is 13.4 Å². The SMILES string of the molecule is COc1ccc(-c2csc(NS(=O)(=O)c3c(Cl)cc(Cl)cc3Cl)n2)cc1. The van der Waals surface area contributed by atoms with Crippen LogP contribution in [0.25, 0.3) is 11.3 Å². The van der Waals surface area contributed by atoms with Crippen molar-refractivity contribution in [2.24, 2.45) is 0 Å². The lowest BCUT2D eigenvalue weighted by Gasteiger charge is -2.09. The molecule has 26 heavy (non-hydrogen) atoms. The zero-order chi connectivity index (χ0) is 18.9. The van der Waals surface area contributed by atoms with Gasteiger partial charge in [0.05, 0.1) is 22.8 Å². The second-order valence-corrected chi connectivity index (χ2v) is 8.80. The fourth-order valence-electron chi connectivity index (χ4n) is 2.17. The molecule has 136 valence electrons. The molecule has 1 heterocycles. The zero-order valence-corrected chi connectivity index (χ0v) is 17.1. The number of nitrogens with one attached hydrogen (secondary N) is 1. The molecule has 3 rings (SSSR count). The molecule has 0 fully saturated rings. The van der Waals surface area contributed by atoms with Crippen molar-refractivity contribution in [2.75, 3.05) is 11.8 Å². The first-order valence-corrected chi connectivity index (χ1v) is 10.6. The smallest absolute Gasteiger partial charge is 0.266 e. The number of aromatic nitrogens is 1. The van der Waals surface area contributed by atoms with E-state index in [1.54, 1.807) is 24.6 Å². The molecule has 0 aliphatic rings. The van der Waals surface area contributed by atoms with Gasteiger partial charge in [0.25, 0.3) is 10.0 Å². The molecule has 0 aliphatic heterocycles. The van der Waals surface area contributed by atoms with Gasteiger partial charge in [0.2, 0.25) is 0 Å². The summed E-state index contributed by atoms with van der Waals surface area (Å²) in [6, 6.07) is 9.89. The summed E-state index contributed by atoms with van der Waals surface area (Å²) in [6.45, 7) is 0. The first kappa shape index (κ1) is 19.3. The van der Waals surface area contributed by atoms with Gasteiger partial charge in [-0.1, -0.05) is 34.8 Å². The van der Waals surface area contributed by atoms with Gasteiger partial charge < -0.3 is 4.74 Å². The van der Waals surface area contributed by atoms with E-state index in [1.807, 2.05) is 12.1 Å². The fourth-order valence-corrected chi connectivity index (χ4v) is 5.69. The molecule has 5 nitrogen and oxygen atoms in total. The number of benzene rings is 2. The molecule has 0 spiro atoms. The quantitative estimate of drug-likeness (QED) is 0.552. The summed E-state index contributed by atoms with van der Waals surface area (Å²) in [5.41, 5.74) is 1.46. The third kappa shape index (κ3) is 4.07. The number of thiazole rings is 1. The van der Waals surface area contributed by atoms with Crippen LogP contribution in [0.3, 0.4) is 0 Å². The number of rotatable bonds is 5. The van der Waals surface area contributed by atoms with E-state index in [9.17, 15) is 8.42 Å². The van der Waals surface area contributed by atoms with Crippen LogP contribution >= 0.6 is 46.1 Å². The summed E-state index contributed by atoms with van der Waals surface area (Å²) < 4.78 is 32.7. The van der Waals surface area contributed by atoms with Crippen molar-refractivity contribution in [3.8, 4) is 17.0 Å². The number of ether oxygens (including phenoxy) is 1. The van der Waals surface area contributed by atoms with Gasteiger partial charge in [0.1, 0.15) is 10.6 Å². The Hall–Kier alpha value is -1.51. The Balaban J connectivity index is 1.88. The number of sulfonamides is 1. The highest BCUT2D eigenvalue weighted by atomic mass is 35.5. The Morgan fingerprint density at radius 1 is 1.08 bits per heavy atom. The second-order valence-electron chi connectivity index (χ2n) is 5.07. The average Bonchev–Trinajstić information content (AvgIpc) is 3.01. The predicted molar refractivity (Wildman–Crippen MR) is 106 cm³/mol. The maximum Gasteiger partial charge on any atom is 0.266 e. The molecular weight excluding hydrogens is 439 g/mol. The van der Waals surface area contributed by atoms with Crippen LogP contribution in [0.2, 0.25) is 15.1 Å². The van der Waals surface area contributed by atoms with Crippen molar-refractivity contribution >= 4 is 61.3 Å². The maximum atomic E-state index is 12.6. The Labute approximate surface area is 169 Å². The van der Waals surface area contributed by atoms with Crippen molar-refractivity contribution in [3.63, 3.8) is 0 Å². The van der Waals surface area contributed by atoms with E-state index in [-0.39, 0.29) is 25.1 Å². The van der Waals surface area contributed by atoms with Gasteiger partial charge in [0, 0.05) is 16.0 Å². The molecule has 1 aromatic heterocycles. The van der Waals surface area contributed by atoms with Crippen molar-refractivity contribution in [1.82, 2.24) is 4.98 Å². The molecule has 0 saturated heterocycles. The Bertz CT molecular complexity index is 1030. The number of hydrogen-bond acceptors (Lipinski definition) is 5. The molecule has 3 aromatic rings. The van der Waals surface area contributed by atoms with Crippen LogP contribution in [0, 0.1) is 0 Å². The van der Waals surface area contributed by atoms with E-state index in [2.05, 4.69) is 9.71 Å². The lowest BCUT2D eigenvalue weighted by atomic mass is 10.2. The number of anilines is 1. The van der Waals surface area contributed by atoms with Crippen LogP contribution in [0.1, 0.15) is 0 Å². The van der Waals surface area contributed by atoms with E-state index in [0.717, 1.165) is 22.6 Å². The van der Waals surface area contributed by atoms with Gasteiger partial charge in [-0.15, -0.1) is 11.3 Å². The standard InChI is InChI=1S/C16H11Cl3N2O3S2/c1-24-11-4-2-9(3-5-11)14-8-25-16(20-14)21-26(22,23)15-12(18)6-10(17)7-13(15)19/h2-8H,1H3,(H,20,21). The highest BCUT2D eigenvalue weighted by Crippen LogP contribution is 2.35. The van der Waals surface area contributed by atoms with Crippen molar-refractivity contribution in [2.45, 2.75) is 4.90 Å². The summed E-state index contributed by atoms with van der Waals surface area (Å²) in [4.78, 5) is 4.05. The number of hydrogen-bond donors (Lipinski definition) is 1. The van der Waals surface area contributed by atoms with Gasteiger partial charge in [-0.05, 0) is 36.4 Å². The fraction of sp³-hybridized carbons (Fsp3) is 0.0625. The Morgan fingerprint density at radius 3 is 2.27 bits per heavy atom. The molecular formula is C16H11Cl3N2O3S2. The maximum absolute atomic E-state index is 12.6. The van der Waals surface area contributed by atoms with Crippen LogP contribution in [0.4, 0.5) is 5.13 Å². The molecule has 2 aromatic carbocycles. The van der Waals surface area contributed by atoms with Crippen molar-refractivity contribution in [1.29, 1.82) is 0 Å². The highest BCUT2D eigenvalue weighted by Gasteiger charge is 2.24. The minimum absolute atomic E-state index is 0.0677. The van der Waals surface area contributed by atoms with Crippen LogP contribution < -0.4 is 9.46 Å². The van der Waals surface area contributed by atoms with E-state index < -0.39 is 10.0 Å².